The maximum Gasteiger partial charge on any atom is 0.416 e. The van der Waals surface area contributed by atoms with Crippen molar-refractivity contribution in [3.05, 3.63) is 60.0 Å². The molecule has 12 heteroatoms. The lowest BCUT2D eigenvalue weighted by Gasteiger charge is -2.36. The Kier molecular flexibility index (Phi) is 5.92. The SMILES string of the molecule is CC(c1nc(-c2cccc(C(F)(F)F)c2)no1)N1CCN(Cc2nnc(-c3ccco3)o2)CC1. The summed E-state index contributed by atoms with van der Waals surface area (Å²) in [5.41, 5.74) is -0.492. The van der Waals surface area contributed by atoms with E-state index in [1.165, 1.54) is 12.1 Å². The van der Waals surface area contributed by atoms with Gasteiger partial charge in [0.1, 0.15) is 0 Å². The van der Waals surface area contributed by atoms with Crippen LogP contribution in [0.3, 0.4) is 0 Å². The number of aromatic nitrogens is 4. The van der Waals surface area contributed by atoms with E-state index >= 15 is 0 Å². The molecule has 34 heavy (non-hydrogen) atoms. The summed E-state index contributed by atoms with van der Waals surface area (Å²) in [5.74, 6) is 1.88. The first kappa shape index (κ1) is 22.3. The molecule has 1 aliphatic rings. The number of benzene rings is 1. The van der Waals surface area contributed by atoms with Crippen LogP contribution in [0.4, 0.5) is 13.2 Å². The van der Waals surface area contributed by atoms with Gasteiger partial charge in [0.15, 0.2) is 5.76 Å². The van der Waals surface area contributed by atoms with Crippen molar-refractivity contribution in [1.29, 1.82) is 0 Å². The first-order chi connectivity index (χ1) is 16.4. The van der Waals surface area contributed by atoms with E-state index in [4.69, 9.17) is 13.4 Å². The van der Waals surface area contributed by atoms with Crippen LogP contribution >= 0.6 is 0 Å². The molecule has 5 rings (SSSR count). The van der Waals surface area contributed by atoms with Gasteiger partial charge >= 0.3 is 6.18 Å². The number of hydrogen-bond acceptors (Lipinski definition) is 9. The summed E-state index contributed by atoms with van der Waals surface area (Å²) in [7, 11) is 0. The first-order valence-electron chi connectivity index (χ1n) is 10.7. The third kappa shape index (κ3) is 4.73. The second-order valence-electron chi connectivity index (χ2n) is 8.00. The van der Waals surface area contributed by atoms with E-state index in [-0.39, 0.29) is 17.4 Å². The molecule has 0 spiro atoms. The van der Waals surface area contributed by atoms with Gasteiger partial charge in [0, 0.05) is 31.7 Å². The highest BCUT2D eigenvalue weighted by Gasteiger charge is 2.31. The predicted molar refractivity (Wildman–Crippen MR) is 112 cm³/mol. The number of nitrogens with zero attached hydrogens (tertiary/aromatic N) is 6. The molecule has 1 unspecified atom stereocenters. The van der Waals surface area contributed by atoms with Crippen molar-refractivity contribution in [2.75, 3.05) is 26.2 Å². The molecule has 0 aliphatic carbocycles. The van der Waals surface area contributed by atoms with Gasteiger partial charge in [-0.1, -0.05) is 17.3 Å². The van der Waals surface area contributed by atoms with Gasteiger partial charge in [-0.25, -0.2) is 0 Å². The van der Waals surface area contributed by atoms with Gasteiger partial charge in [0.05, 0.1) is 24.4 Å². The fourth-order valence-corrected chi connectivity index (χ4v) is 3.83. The molecule has 1 fully saturated rings. The Morgan fingerprint density at radius 3 is 2.62 bits per heavy atom. The zero-order valence-corrected chi connectivity index (χ0v) is 18.2. The van der Waals surface area contributed by atoms with Crippen molar-refractivity contribution >= 4 is 0 Å². The van der Waals surface area contributed by atoms with Crippen LogP contribution in [0.15, 0.2) is 56.0 Å². The standard InChI is InChI=1S/C22H21F3N6O3/c1-14(20-26-19(29-34-20)15-4-2-5-16(12-15)22(23,24)25)31-9-7-30(8-10-31)13-18-27-28-21(33-18)17-6-3-11-32-17/h2-6,11-12,14H,7-10,13H2,1H3. The smallest absolute Gasteiger partial charge is 0.416 e. The normalized spacial score (nSPS) is 16.7. The Morgan fingerprint density at radius 1 is 1.06 bits per heavy atom. The van der Waals surface area contributed by atoms with Crippen LogP contribution in [0, 0.1) is 0 Å². The van der Waals surface area contributed by atoms with E-state index < -0.39 is 11.7 Å². The lowest BCUT2D eigenvalue weighted by atomic mass is 10.1. The van der Waals surface area contributed by atoms with E-state index in [1.54, 1.807) is 18.4 Å². The van der Waals surface area contributed by atoms with Gasteiger partial charge in [-0.15, -0.1) is 10.2 Å². The summed E-state index contributed by atoms with van der Waals surface area (Å²) in [6.45, 7) is 5.46. The average molecular weight is 474 g/mol. The Hall–Kier alpha value is -3.51. The molecule has 0 radical (unpaired) electrons. The second kappa shape index (κ2) is 9.03. The van der Waals surface area contributed by atoms with Gasteiger partial charge in [0.25, 0.3) is 5.89 Å². The van der Waals surface area contributed by atoms with Crippen LogP contribution in [0.1, 0.15) is 30.3 Å². The van der Waals surface area contributed by atoms with Crippen molar-refractivity contribution < 1.29 is 26.5 Å². The number of halogens is 3. The zero-order valence-electron chi connectivity index (χ0n) is 18.2. The molecule has 1 atom stereocenters. The third-order valence-electron chi connectivity index (χ3n) is 5.76. The van der Waals surface area contributed by atoms with Gasteiger partial charge in [-0.3, -0.25) is 9.80 Å². The highest BCUT2D eigenvalue weighted by atomic mass is 19.4. The van der Waals surface area contributed by atoms with Gasteiger partial charge in [0.2, 0.25) is 17.6 Å². The second-order valence-corrected chi connectivity index (χ2v) is 8.00. The lowest BCUT2D eigenvalue weighted by molar-refractivity contribution is -0.137. The topological polar surface area (TPSA) is 97.5 Å². The molecule has 178 valence electrons. The van der Waals surface area contributed by atoms with Crippen LogP contribution in [0.25, 0.3) is 23.0 Å². The van der Waals surface area contributed by atoms with Gasteiger partial charge in [-0.2, -0.15) is 18.2 Å². The van der Waals surface area contributed by atoms with Crippen molar-refractivity contribution in [3.8, 4) is 23.0 Å². The van der Waals surface area contributed by atoms with E-state index in [2.05, 4.69) is 30.1 Å². The molecule has 0 N–H and O–H groups in total. The van der Waals surface area contributed by atoms with E-state index in [1.807, 2.05) is 6.92 Å². The Balaban J connectivity index is 1.18. The average Bonchev–Trinajstić information content (AvgIpc) is 3.60. The number of rotatable bonds is 6. The molecule has 1 aliphatic heterocycles. The minimum Gasteiger partial charge on any atom is -0.459 e. The first-order valence-corrected chi connectivity index (χ1v) is 10.7. The van der Waals surface area contributed by atoms with Gasteiger partial charge in [-0.05, 0) is 31.2 Å². The third-order valence-corrected chi connectivity index (χ3v) is 5.76. The zero-order chi connectivity index (χ0) is 23.7. The fourth-order valence-electron chi connectivity index (χ4n) is 3.83. The summed E-state index contributed by atoms with van der Waals surface area (Å²) >= 11 is 0. The molecule has 1 aromatic carbocycles. The molecular weight excluding hydrogens is 453 g/mol. The minimum absolute atomic E-state index is 0.135. The van der Waals surface area contributed by atoms with Crippen LogP contribution in [-0.4, -0.2) is 56.3 Å². The minimum atomic E-state index is -4.43. The van der Waals surface area contributed by atoms with E-state index in [9.17, 15) is 13.2 Å². The summed E-state index contributed by atoms with van der Waals surface area (Å²) in [6.07, 6.45) is -2.89. The van der Waals surface area contributed by atoms with Crippen molar-refractivity contribution in [2.45, 2.75) is 25.7 Å². The fraction of sp³-hybridized carbons (Fsp3) is 0.364. The number of piperazine rings is 1. The number of alkyl halides is 3. The quantitative estimate of drug-likeness (QED) is 0.406. The Bertz CT molecular complexity index is 1230. The summed E-state index contributed by atoms with van der Waals surface area (Å²) in [6, 6.07) is 8.23. The summed E-state index contributed by atoms with van der Waals surface area (Å²) in [4.78, 5) is 8.73. The molecule has 0 bridgehead atoms. The summed E-state index contributed by atoms with van der Waals surface area (Å²) in [5, 5.41) is 12.0. The molecule has 4 aromatic rings. The number of furan rings is 1. The maximum absolute atomic E-state index is 13.0. The highest BCUT2D eigenvalue weighted by Crippen LogP contribution is 2.32. The Labute approximate surface area is 192 Å². The van der Waals surface area contributed by atoms with Gasteiger partial charge < -0.3 is 13.4 Å². The van der Waals surface area contributed by atoms with Crippen LogP contribution < -0.4 is 0 Å². The molecule has 4 heterocycles. The molecule has 9 nitrogen and oxygen atoms in total. The molecule has 1 saturated heterocycles. The van der Waals surface area contributed by atoms with Crippen LogP contribution in [0.5, 0.6) is 0 Å². The van der Waals surface area contributed by atoms with Crippen LogP contribution in [-0.2, 0) is 12.7 Å². The van der Waals surface area contributed by atoms with E-state index in [0.29, 0.717) is 30.0 Å². The van der Waals surface area contributed by atoms with Crippen LogP contribution in [0.2, 0.25) is 0 Å². The molecule has 3 aromatic heterocycles. The highest BCUT2D eigenvalue weighted by molar-refractivity contribution is 5.55. The monoisotopic (exact) mass is 474 g/mol. The van der Waals surface area contributed by atoms with E-state index in [0.717, 1.165) is 38.3 Å². The van der Waals surface area contributed by atoms with Crippen molar-refractivity contribution in [2.24, 2.45) is 0 Å². The predicted octanol–water partition coefficient (Wildman–Crippen LogP) is 4.28. The Morgan fingerprint density at radius 2 is 1.88 bits per heavy atom. The molecule has 0 amide bonds. The largest absolute Gasteiger partial charge is 0.459 e. The molecular formula is C22H21F3N6O3. The van der Waals surface area contributed by atoms with Crippen molar-refractivity contribution in [1.82, 2.24) is 30.1 Å². The molecule has 0 saturated carbocycles. The number of hydrogen-bond donors (Lipinski definition) is 0. The summed E-state index contributed by atoms with van der Waals surface area (Å²) < 4.78 is 55.3. The maximum atomic E-state index is 13.0. The van der Waals surface area contributed by atoms with Crippen molar-refractivity contribution in [3.63, 3.8) is 0 Å². The lowest BCUT2D eigenvalue weighted by Crippen LogP contribution is -2.46.